The van der Waals surface area contributed by atoms with Gasteiger partial charge in [0, 0.05) is 13.0 Å². The minimum atomic E-state index is -0.767. The number of rotatable bonds is 8. The molecule has 6 rings (SSSR count). The van der Waals surface area contributed by atoms with Gasteiger partial charge in [-0.25, -0.2) is 0 Å². The number of ether oxygens (including phenoxy) is 1. The molecule has 3 atom stereocenters. The number of nitrogens with one attached hydrogen (secondary N) is 1. The molecule has 0 saturated carbocycles. The Morgan fingerprint density at radius 2 is 1.52 bits per heavy atom. The van der Waals surface area contributed by atoms with E-state index in [1.807, 2.05) is 84.9 Å². The van der Waals surface area contributed by atoms with Crippen LogP contribution in [0.1, 0.15) is 52.3 Å². The molecule has 2 amide bonds. The summed E-state index contributed by atoms with van der Waals surface area (Å²) in [5.74, 6) is 0.431. The number of amides is 2. The second-order valence-electron chi connectivity index (χ2n) is 11.3. The lowest BCUT2D eigenvalue weighted by Gasteiger charge is -2.38. The van der Waals surface area contributed by atoms with Gasteiger partial charge in [0.1, 0.15) is 18.4 Å². The average molecular weight is 560 g/mol. The first-order valence-electron chi connectivity index (χ1n) is 14.8. The van der Waals surface area contributed by atoms with E-state index in [0.717, 1.165) is 47.3 Å². The number of benzene rings is 4. The Hall–Kier alpha value is -4.42. The van der Waals surface area contributed by atoms with Crippen LogP contribution in [-0.4, -0.2) is 28.8 Å². The fourth-order valence-corrected chi connectivity index (χ4v) is 6.18. The first-order valence-corrected chi connectivity index (χ1v) is 14.8. The Labute approximate surface area is 247 Å². The summed E-state index contributed by atoms with van der Waals surface area (Å²) >= 11 is 0. The molecule has 1 heterocycles. The van der Waals surface area contributed by atoms with Gasteiger partial charge < -0.3 is 20.7 Å². The summed E-state index contributed by atoms with van der Waals surface area (Å²) in [5.41, 5.74) is 13.2. The largest absolute Gasteiger partial charge is 0.489 e. The topological polar surface area (TPSA) is 84.7 Å². The Morgan fingerprint density at radius 1 is 0.833 bits per heavy atom. The van der Waals surface area contributed by atoms with Crippen LogP contribution in [0.15, 0.2) is 103 Å². The highest BCUT2D eigenvalue weighted by Crippen LogP contribution is 2.31. The maximum Gasteiger partial charge on any atom is 0.243 e. The normalized spacial score (nSPS) is 18.4. The van der Waals surface area contributed by atoms with Crippen LogP contribution in [0, 0.1) is 0 Å². The van der Waals surface area contributed by atoms with Crippen LogP contribution in [0.3, 0.4) is 0 Å². The highest BCUT2D eigenvalue weighted by molar-refractivity contribution is 5.91. The van der Waals surface area contributed by atoms with E-state index in [1.165, 1.54) is 11.1 Å². The van der Waals surface area contributed by atoms with Crippen LogP contribution in [0.5, 0.6) is 5.75 Å². The molecule has 0 fully saturated rings. The van der Waals surface area contributed by atoms with Gasteiger partial charge in [0.25, 0.3) is 0 Å². The number of carbonyl (C=O) groups excluding carboxylic acids is 2. The number of nitrogens with two attached hydrogens (primary N) is 1. The van der Waals surface area contributed by atoms with E-state index in [4.69, 9.17) is 10.5 Å². The third-order valence-corrected chi connectivity index (χ3v) is 8.46. The number of hydrogen-bond acceptors (Lipinski definition) is 4. The molecule has 2 aliphatic rings. The fourth-order valence-electron chi connectivity index (χ4n) is 6.18. The smallest absolute Gasteiger partial charge is 0.243 e. The summed E-state index contributed by atoms with van der Waals surface area (Å²) in [6, 6.07) is 32.7. The van der Waals surface area contributed by atoms with E-state index in [9.17, 15) is 9.59 Å². The molecule has 6 nitrogen and oxygen atoms in total. The van der Waals surface area contributed by atoms with Gasteiger partial charge in [0.05, 0.1) is 12.1 Å². The number of hydrogen-bond donors (Lipinski definition) is 2. The third kappa shape index (κ3) is 6.24. The average Bonchev–Trinajstić information content (AvgIpc) is 3.04. The summed E-state index contributed by atoms with van der Waals surface area (Å²) in [6.45, 7) is 0.860. The quantitative estimate of drug-likeness (QED) is 0.308. The molecule has 0 saturated heterocycles. The van der Waals surface area contributed by atoms with Crippen molar-refractivity contribution in [2.45, 2.75) is 63.4 Å². The second-order valence-corrected chi connectivity index (χ2v) is 11.3. The van der Waals surface area contributed by atoms with Crippen molar-refractivity contribution in [2.75, 3.05) is 0 Å². The van der Waals surface area contributed by atoms with Crippen LogP contribution in [0.25, 0.3) is 0 Å². The minimum absolute atomic E-state index is 0.0483. The molecule has 4 aromatic carbocycles. The summed E-state index contributed by atoms with van der Waals surface area (Å²) in [4.78, 5) is 29.4. The first-order chi connectivity index (χ1) is 20.5. The van der Waals surface area contributed by atoms with Crippen molar-refractivity contribution >= 4 is 11.8 Å². The zero-order valence-corrected chi connectivity index (χ0v) is 23.7. The van der Waals surface area contributed by atoms with Gasteiger partial charge in [-0.15, -0.1) is 0 Å². The van der Waals surface area contributed by atoms with Crippen LogP contribution < -0.4 is 15.8 Å². The molecule has 1 aliphatic heterocycles. The van der Waals surface area contributed by atoms with Crippen molar-refractivity contribution in [1.29, 1.82) is 0 Å². The van der Waals surface area contributed by atoms with Crippen LogP contribution in [-0.2, 0) is 42.0 Å². The Bertz CT molecular complexity index is 1540. The SMILES string of the molecule is NC(Cc1ccc(OCc2ccccc2)cc1)C(=O)N1Cc2ccccc2CC1C(=O)NC1CCCc2ccccc21. The summed E-state index contributed by atoms with van der Waals surface area (Å²) in [7, 11) is 0. The maximum absolute atomic E-state index is 13.8. The third-order valence-electron chi connectivity index (χ3n) is 8.46. The fraction of sp³-hybridized carbons (Fsp3) is 0.278. The summed E-state index contributed by atoms with van der Waals surface area (Å²) < 4.78 is 5.90. The molecular weight excluding hydrogens is 522 g/mol. The highest BCUT2D eigenvalue weighted by atomic mass is 16.5. The van der Waals surface area contributed by atoms with Gasteiger partial charge in [-0.2, -0.15) is 0 Å². The van der Waals surface area contributed by atoms with Gasteiger partial charge in [0.15, 0.2) is 0 Å². The van der Waals surface area contributed by atoms with Gasteiger partial charge >= 0.3 is 0 Å². The summed E-state index contributed by atoms with van der Waals surface area (Å²) in [5, 5.41) is 3.29. The van der Waals surface area contributed by atoms with Crippen molar-refractivity contribution in [1.82, 2.24) is 10.2 Å². The number of fused-ring (bicyclic) bond motifs is 2. The van der Waals surface area contributed by atoms with Gasteiger partial charge in [-0.05, 0) is 71.2 Å². The van der Waals surface area contributed by atoms with Gasteiger partial charge in [0.2, 0.25) is 11.8 Å². The van der Waals surface area contributed by atoms with Crippen LogP contribution in [0.4, 0.5) is 0 Å². The molecule has 214 valence electrons. The zero-order chi connectivity index (χ0) is 28.9. The second kappa shape index (κ2) is 12.6. The molecule has 0 spiro atoms. The van der Waals surface area contributed by atoms with E-state index in [0.29, 0.717) is 26.0 Å². The lowest BCUT2D eigenvalue weighted by atomic mass is 9.87. The van der Waals surface area contributed by atoms with Crippen LogP contribution >= 0.6 is 0 Å². The Balaban J connectivity index is 1.14. The molecule has 0 aromatic heterocycles. The highest BCUT2D eigenvalue weighted by Gasteiger charge is 2.37. The summed E-state index contributed by atoms with van der Waals surface area (Å²) in [6.07, 6.45) is 3.80. The Kier molecular flexibility index (Phi) is 8.33. The lowest BCUT2D eigenvalue weighted by molar-refractivity contribution is -0.143. The predicted octanol–water partition coefficient (Wildman–Crippen LogP) is 5.28. The van der Waals surface area contributed by atoms with E-state index in [1.54, 1.807) is 4.90 Å². The van der Waals surface area contributed by atoms with Gasteiger partial charge in [-0.1, -0.05) is 91.0 Å². The van der Waals surface area contributed by atoms with Crippen molar-refractivity contribution in [3.05, 3.63) is 137 Å². The van der Waals surface area contributed by atoms with Gasteiger partial charge in [-0.3, -0.25) is 9.59 Å². The van der Waals surface area contributed by atoms with E-state index < -0.39 is 12.1 Å². The monoisotopic (exact) mass is 559 g/mol. The molecular formula is C36H37N3O3. The zero-order valence-electron chi connectivity index (χ0n) is 23.7. The molecule has 3 N–H and O–H groups in total. The van der Waals surface area contributed by atoms with Crippen molar-refractivity contribution in [3.63, 3.8) is 0 Å². The standard InChI is InChI=1S/C36H37N3O3/c37-32(21-25-17-19-30(20-18-25)42-24-26-9-2-1-3-10-26)36(41)39-23-29-13-5-4-12-28(29)22-34(39)35(40)38-33-16-8-14-27-11-6-7-15-31(27)33/h1-7,9-13,15,17-20,32-34H,8,14,16,21-24,37H2,(H,38,40). The molecule has 3 unspecified atom stereocenters. The minimum Gasteiger partial charge on any atom is -0.489 e. The van der Waals surface area contributed by atoms with Crippen molar-refractivity contribution in [3.8, 4) is 5.75 Å². The molecule has 0 bridgehead atoms. The first kappa shape index (κ1) is 27.7. The molecule has 4 aromatic rings. The predicted molar refractivity (Wildman–Crippen MR) is 164 cm³/mol. The van der Waals surface area contributed by atoms with Crippen molar-refractivity contribution in [2.24, 2.45) is 5.73 Å². The molecule has 0 radical (unpaired) electrons. The van der Waals surface area contributed by atoms with E-state index in [2.05, 4.69) is 23.5 Å². The van der Waals surface area contributed by atoms with E-state index in [-0.39, 0.29) is 17.9 Å². The lowest BCUT2D eigenvalue weighted by Crippen LogP contribution is -2.57. The van der Waals surface area contributed by atoms with E-state index >= 15 is 0 Å². The molecule has 6 heteroatoms. The van der Waals surface area contributed by atoms with Crippen molar-refractivity contribution < 1.29 is 14.3 Å². The number of carbonyl (C=O) groups is 2. The maximum atomic E-state index is 13.8. The Morgan fingerprint density at radius 3 is 2.31 bits per heavy atom. The number of nitrogens with zero attached hydrogens (tertiary/aromatic N) is 1. The molecule has 42 heavy (non-hydrogen) atoms. The van der Waals surface area contributed by atoms with Crippen LogP contribution in [0.2, 0.25) is 0 Å². The molecule has 1 aliphatic carbocycles. The number of aryl methyl sites for hydroxylation is 1.